The van der Waals surface area contributed by atoms with Gasteiger partial charge in [-0.1, -0.05) is 5.70 Å². The lowest BCUT2D eigenvalue weighted by atomic mass is 11.0. The second-order valence-corrected chi connectivity index (χ2v) is 8.71. The zero-order chi connectivity index (χ0) is 9.12. The highest BCUT2D eigenvalue weighted by Crippen LogP contribution is 2.09. The highest BCUT2D eigenvalue weighted by atomic mass is 32.2. The Labute approximate surface area is 69.3 Å². The van der Waals surface area contributed by atoms with Crippen molar-refractivity contribution in [2.24, 2.45) is 0 Å². The summed E-state index contributed by atoms with van der Waals surface area (Å²) in [4.78, 5) is 0. The summed E-state index contributed by atoms with van der Waals surface area (Å²) in [5, 5.41) is 0. The Morgan fingerprint density at radius 2 is 2.00 bits per heavy atom. The summed E-state index contributed by atoms with van der Waals surface area (Å²) in [7, 11) is -5.46. The van der Waals surface area contributed by atoms with Crippen molar-refractivity contribution >= 4 is 18.4 Å². The van der Waals surface area contributed by atoms with Crippen molar-refractivity contribution in [2.45, 2.75) is 20.0 Å². The smallest absolute Gasteiger partial charge is 0.257 e. The predicted molar refractivity (Wildman–Crippen MR) is 48.2 cm³/mol. The quantitative estimate of drug-likeness (QED) is 0.633. The van der Waals surface area contributed by atoms with Crippen molar-refractivity contribution in [2.75, 3.05) is 5.75 Å². The van der Waals surface area contributed by atoms with Crippen molar-refractivity contribution in [3.63, 3.8) is 0 Å². The van der Waals surface area contributed by atoms with Gasteiger partial charge in [0, 0.05) is 0 Å². The van der Waals surface area contributed by atoms with Crippen LogP contribution in [0, 0.1) is 0 Å². The number of rotatable bonds is 4. The van der Waals surface area contributed by atoms with Crippen LogP contribution in [0.2, 0.25) is 13.1 Å². The SMILES string of the molecule is C=C[Si](C)(C)OS(=O)(=O)CC. The molecule has 5 heteroatoms. The van der Waals surface area contributed by atoms with E-state index in [0.717, 1.165) is 0 Å². The van der Waals surface area contributed by atoms with Crippen LogP contribution < -0.4 is 0 Å². The maximum Gasteiger partial charge on any atom is 0.257 e. The molecule has 0 N–H and O–H groups in total. The molecule has 0 rings (SSSR count). The molecule has 0 aliphatic rings. The Hall–Kier alpha value is -0.133. The number of hydrogen-bond acceptors (Lipinski definition) is 3. The standard InChI is InChI=1S/C6H14O3SSi/c1-5-10(7,8)9-11(3,4)6-2/h6H,2,5H2,1,3-4H3. The molecule has 0 aromatic rings. The maximum atomic E-state index is 10.9. The molecule has 0 aromatic carbocycles. The molecule has 0 spiro atoms. The molecule has 0 amide bonds. The van der Waals surface area contributed by atoms with Crippen molar-refractivity contribution < 1.29 is 12.3 Å². The van der Waals surface area contributed by atoms with Gasteiger partial charge in [0.15, 0.2) is 0 Å². The van der Waals surface area contributed by atoms with E-state index in [-0.39, 0.29) is 5.75 Å². The van der Waals surface area contributed by atoms with E-state index >= 15 is 0 Å². The molecule has 0 aliphatic heterocycles. The molecule has 0 aliphatic carbocycles. The van der Waals surface area contributed by atoms with Gasteiger partial charge >= 0.3 is 0 Å². The van der Waals surface area contributed by atoms with Crippen LogP contribution in [0.4, 0.5) is 0 Å². The predicted octanol–water partition coefficient (Wildman–Crippen LogP) is 1.28. The van der Waals surface area contributed by atoms with E-state index in [1.165, 1.54) is 0 Å². The van der Waals surface area contributed by atoms with Gasteiger partial charge in [-0.2, -0.15) is 0 Å². The van der Waals surface area contributed by atoms with Gasteiger partial charge in [-0.25, -0.2) is 8.42 Å². The molecule has 0 saturated carbocycles. The third-order valence-corrected chi connectivity index (χ3v) is 5.61. The average Bonchev–Trinajstić information content (AvgIpc) is 1.86. The zero-order valence-electron chi connectivity index (χ0n) is 7.12. The Bertz CT molecular complexity index is 230. The minimum atomic E-state index is -3.30. The Morgan fingerprint density at radius 3 is 2.27 bits per heavy atom. The van der Waals surface area contributed by atoms with E-state index in [0.29, 0.717) is 0 Å². The zero-order valence-corrected chi connectivity index (χ0v) is 8.94. The first-order valence-electron chi connectivity index (χ1n) is 3.40. The van der Waals surface area contributed by atoms with Crippen LogP contribution in [0.5, 0.6) is 0 Å². The molecule has 0 unspecified atom stereocenters. The monoisotopic (exact) mass is 194 g/mol. The van der Waals surface area contributed by atoms with E-state index in [4.69, 9.17) is 3.87 Å². The summed E-state index contributed by atoms with van der Waals surface area (Å²) in [6.45, 7) is 8.65. The second kappa shape index (κ2) is 3.51. The second-order valence-electron chi connectivity index (χ2n) is 2.74. The molecular weight excluding hydrogens is 180 g/mol. The topological polar surface area (TPSA) is 43.4 Å². The molecule has 0 heterocycles. The van der Waals surface area contributed by atoms with Crippen LogP contribution in [-0.4, -0.2) is 22.5 Å². The summed E-state index contributed by atoms with van der Waals surface area (Å²) in [5.74, 6) is 0.0251. The van der Waals surface area contributed by atoms with E-state index in [1.54, 1.807) is 25.7 Å². The Balaban J connectivity index is 4.38. The molecule has 0 aromatic heterocycles. The van der Waals surface area contributed by atoms with Gasteiger partial charge in [0.05, 0.1) is 5.75 Å². The minimum absolute atomic E-state index is 0.0251. The number of hydrogen-bond donors (Lipinski definition) is 0. The minimum Gasteiger partial charge on any atom is -0.310 e. The van der Waals surface area contributed by atoms with Gasteiger partial charge in [0.25, 0.3) is 10.1 Å². The normalized spacial score (nSPS) is 13.0. The van der Waals surface area contributed by atoms with Crippen molar-refractivity contribution in [1.29, 1.82) is 0 Å². The first-order chi connectivity index (χ1) is 4.83. The third kappa shape index (κ3) is 4.34. The van der Waals surface area contributed by atoms with Crippen molar-refractivity contribution in [1.82, 2.24) is 0 Å². The van der Waals surface area contributed by atoms with Crippen LogP contribution in [0.3, 0.4) is 0 Å². The fraction of sp³-hybridized carbons (Fsp3) is 0.667. The highest BCUT2D eigenvalue weighted by Gasteiger charge is 2.24. The first kappa shape index (κ1) is 10.9. The molecular formula is C6H14O3SSi. The van der Waals surface area contributed by atoms with Gasteiger partial charge < -0.3 is 3.87 Å². The van der Waals surface area contributed by atoms with Crippen LogP contribution in [0.1, 0.15) is 6.92 Å². The molecule has 0 saturated heterocycles. The van der Waals surface area contributed by atoms with Gasteiger partial charge in [-0.3, -0.25) is 0 Å². The lowest BCUT2D eigenvalue weighted by Crippen LogP contribution is -2.31. The summed E-state index contributed by atoms with van der Waals surface area (Å²) in [5.41, 5.74) is 1.60. The lowest BCUT2D eigenvalue weighted by molar-refractivity contribution is 0.489. The highest BCUT2D eigenvalue weighted by molar-refractivity contribution is 7.87. The van der Waals surface area contributed by atoms with Gasteiger partial charge in [0.2, 0.25) is 8.32 Å². The Morgan fingerprint density at radius 1 is 1.55 bits per heavy atom. The van der Waals surface area contributed by atoms with Gasteiger partial charge in [0.1, 0.15) is 0 Å². The molecule has 0 radical (unpaired) electrons. The summed E-state index contributed by atoms with van der Waals surface area (Å²) >= 11 is 0. The van der Waals surface area contributed by atoms with Crippen molar-refractivity contribution in [3.8, 4) is 0 Å². The molecule has 0 atom stereocenters. The molecule has 0 bridgehead atoms. The van der Waals surface area contributed by atoms with Crippen LogP contribution in [-0.2, 0) is 14.0 Å². The van der Waals surface area contributed by atoms with Gasteiger partial charge in [-0.15, -0.1) is 6.58 Å². The lowest BCUT2D eigenvalue weighted by Gasteiger charge is -2.16. The largest absolute Gasteiger partial charge is 0.310 e. The van der Waals surface area contributed by atoms with Crippen molar-refractivity contribution in [3.05, 3.63) is 12.3 Å². The van der Waals surface area contributed by atoms with E-state index in [2.05, 4.69) is 6.58 Å². The fourth-order valence-corrected chi connectivity index (χ4v) is 3.78. The summed E-state index contributed by atoms with van der Waals surface area (Å²) < 4.78 is 26.8. The average molecular weight is 194 g/mol. The van der Waals surface area contributed by atoms with E-state index in [1.807, 2.05) is 0 Å². The molecule has 0 fully saturated rings. The summed E-state index contributed by atoms with van der Waals surface area (Å²) in [6, 6.07) is 0. The fourth-order valence-electron chi connectivity index (χ4n) is 0.420. The Kier molecular flexibility index (Phi) is 3.47. The van der Waals surface area contributed by atoms with Crippen LogP contribution in [0.25, 0.3) is 0 Å². The summed E-state index contributed by atoms with van der Waals surface area (Å²) in [6.07, 6.45) is 0. The van der Waals surface area contributed by atoms with E-state index < -0.39 is 18.4 Å². The molecule has 3 nitrogen and oxygen atoms in total. The third-order valence-electron chi connectivity index (χ3n) is 1.19. The van der Waals surface area contributed by atoms with E-state index in [9.17, 15) is 8.42 Å². The molecule has 11 heavy (non-hydrogen) atoms. The first-order valence-corrected chi connectivity index (χ1v) is 7.96. The van der Waals surface area contributed by atoms with Gasteiger partial charge in [-0.05, 0) is 20.0 Å². The van der Waals surface area contributed by atoms with Crippen LogP contribution >= 0.6 is 0 Å². The maximum absolute atomic E-state index is 10.9. The van der Waals surface area contributed by atoms with Crippen LogP contribution in [0.15, 0.2) is 12.3 Å². The molecule has 66 valence electrons.